The van der Waals surface area contributed by atoms with Gasteiger partial charge in [-0.25, -0.2) is 8.42 Å². The van der Waals surface area contributed by atoms with E-state index < -0.39 is 50.7 Å². The Morgan fingerprint density at radius 3 is 2.09 bits per heavy atom. The molecule has 0 radical (unpaired) electrons. The van der Waals surface area contributed by atoms with Crippen molar-refractivity contribution in [1.82, 2.24) is 20.4 Å². The summed E-state index contributed by atoms with van der Waals surface area (Å²) in [5.74, 6) is -0.758. The van der Waals surface area contributed by atoms with Crippen molar-refractivity contribution in [3.8, 4) is 11.4 Å². The zero-order chi connectivity index (χ0) is 26.0. The zero-order valence-corrected chi connectivity index (χ0v) is 18.6. The maximum absolute atomic E-state index is 12.9. The third kappa shape index (κ3) is 6.93. The highest BCUT2D eigenvalue weighted by Crippen LogP contribution is 2.37. The van der Waals surface area contributed by atoms with Crippen LogP contribution in [0, 0.1) is 0 Å². The van der Waals surface area contributed by atoms with Crippen LogP contribution in [0.4, 0.5) is 26.3 Å². The van der Waals surface area contributed by atoms with Gasteiger partial charge in [0.25, 0.3) is 10.0 Å². The SMILES string of the molecule is O=C(CCc1nc(-c2ccc(Cl)cc2)no1)NNS(=O)(=O)c1cc(C(F)(F)F)cc(C(F)(F)F)c1. The highest BCUT2D eigenvalue weighted by molar-refractivity contribution is 7.89. The van der Waals surface area contributed by atoms with Gasteiger partial charge in [0.15, 0.2) is 0 Å². The van der Waals surface area contributed by atoms with Crippen molar-refractivity contribution in [3.05, 3.63) is 64.5 Å². The quantitative estimate of drug-likeness (QED) is 0.338. The average molecular weight is 543 g/mol. The number of aryl methyl sites for hydroxylation is 1. The van der Waals surface area contributed by atoms with E-state index in [0.29, 0.717) is 10.6 Å². The Morgan fingerprint density at radius 1 is 0.971 bits per heavy atom. The first-order valence-electron chi connectivity index (χ1n) is 9.34. The van der Waals surface area contributed by atoms with E-state index in [1.54, 1.807) is 29.7 Å². The Morgan fingerprint density at radius 2 is 1.54 bits per heavy atom. The molecule has 35 heavy (non-hydrogen) atoms. The average Bonchev–Trinajstić information content (AvgIpc) is 3.24. The van der Waals surface area contributed by atoms with E-state index in [1.807, 2.05) is 0 Å². The second-order valence-corrected chi connectivity index (χ2v) is 9.03. The van der Waals surface area contributed by atoms with Gasteiger partial charge in [-0.15, -0.1) is 4.83 Å². The van der Waals surface area contributed by atoms with Crippen molar-refractivity contribution in [1.29, 1.82) is 0 Å². The summed E-state index contributed by atoms with van der Waals surface area (Å²) < 4.78 is 107. The standard InChI is InChI=1S/C19H13ClF6N4O4S/c20-13-3-1-10(2-4-13)17-27-16(34-29-17)6-5-15(31)28-30-35(32,33)14-8-11(18(21,22)23)7-12(9-14)19(24,25)26/h1-4,7-9,30H,5-6H2,(H,28,31). The number of nitrogens with one attached hydrogen (secondary N) is 2. The summed E-state index contributed by atoms with van der Waals surface area (Å²) in [7, 11) is -4.98. The fraction of sp³-hybridized carbons (Fsp3) is 0.211. The number of rotatable bonds is 7. The van der Waals surface area contributed by atoms with Crippen LogP contribution in [0.5, 0.6) is 0 Å². The number of aromatic nitrogens is 2. The number of hydrogen-bond donors (Lipinski definition) is 2. The molecule has 3 aromatic rings. The maximum Gasteiger partial charge on any atom is 0.416 e. The molecular formula is C19H13ClF6N4O4S. The van der Waals surface area contributed by atoms with Crippen molar-refractivity contribution in [3.63, 3.8) is 0 Å². The minimum atomic E-state index is -5.25. The lowest BCUT2D eigenvalue weighted by atomic mass is 10.1. The van der Waals surface area contributed by atoms with Crippen LogP contribution < -0.4 is 10.3 Å². The molecule has 0 spiro atoms. The summed E-state index contributed by atoms with van der Waals surface area (Å²) >= 11 is 5.79. The zero-order valence-electron chi connectivity index (χ0n) is 17.0. The van der Waals surface area contributed by atoms with Crippen LogP contribution >= 0.6 is 11.6 Å². The molecule has 0 aliphatic rings. The Labute approximate surface area is 198 Å². The molecule has 0 aliphatic heterocycles. The molecule has 0 bridgehead atoms. The molecule has 16 heteroatoms. The van der Waals surface area contributed by atoms with Gasteiger partial charge in [-0.3, -0.25) is 10.2 Å². The minimum Gasteiger partial charge on any atom is -0.339 e. The van der Waals surface area contributed by atoms with Crippen LogP contribution in [-0.2, 0) is 33.6 Å². The number of halogens is 7. The largest absolute Gasteiger partial charge is 0.416 e. The normalized spacial score (nSPS) is 12.5. The van der Waals surface area contributed by atoms with E-state index in [4.69, 9.17) is 16.1 Å². The number of hydrazine groups is 1. The lowest BCUT2D eigenvalue weighted by molar-refractivity contribution is -0.143. The first-order chi connectivity index (χ1) is 16.1. The van der Waals surface area contributed by atoms with E-state index in [-0.39, 0.29) is 36.3 Å². The molecule has 1 aromatic heterocycles. The Hall–Kier alpha value is -3.17. The molecule has 0 aliphatic carbocycles. The topological polar surface area (TPSA) is 114 Å². The predicted molar refractivity (Wildman–Crippen MR) is 108 cm³/mol. The molecule has 0 fully saturated rings. The molecule has 3 rings (SSSR count). The third-order valence-electron chi connectivity index (χ3n) is 4.33. The first-order valence-corrected chi connectivity index (χ1v) is 11.2. The van der Waals surface area contributed by atoms with E-state index in [2.05, 4.69) is 10.1 Å². The monoisotopic (exact) mass is 542 g/mol. The Bertz CT molecular complexity index is 1290. The van der Waals surface area contributed by atoms with Crippen LogP contribution in [0.2, 0.25) is 5.02 Å². The lowest BCUT2D eigenvalue weighted by Gasteiger charge is -2.15. The molecule has 0 saturated heterocycles. The number of sulfonamides is 1. The Kier molecular flexibility index (Phi) is 7.42. The molecule has 188 valence electrons. The van der Waals surface area contributed by atoms with Crippen LogP contribution in [-0.4, -0.2) is 24.5 Å². The third-order valence-corrected chi connectivity index (χ3v) is 5.81. The molecule has 8 nitrogen and oxygen atoms in total. The molecule has 1 heterocycles. The summed E-state index contributed by atoms with van der Waals surface area (Å²) in [6.45, 7) is 0. The van der Waals surface area contributed by atoms with Crippen molar-refractivity contribution >= 4 is 27.5 Å². The first kappa shape index (κ1) is 26.4. The minimum absolute atomic E-state index is 0.0143. The summed E-state index contributed by atoms with van der Waals surface area (Å²) in [5.41, 5.74) is -1.37. The highest BCUT2D eigenvalue weighted by Gasteiger charge is 2.38. The van der Waals surface area contributed by atoms with E-state index in [1.165, 1.54) is 4.83 Å². The van der Waals surface area contributed by atoms with Gasteiger partial charge in [-0.05, 0) is 42.5 Å². The van der Waals surface area contributed by atoms with Crippen molar-refractivity contribution in [2.75, 3.05) is 0 Å². The molecule has 0 saturated carbocycles. The number of alkyl halides is 6. The number of benzene rings is 2. The van der Waals surface area contributed by atoms with Gasteiger partial charge < -0.3 is 4.52 Å². The molecule has 0 unspecified atom stereocenters. The predicted octanol–water partition coefficient (Wildman–Crippen LogP) is 4.37. The molecule has 2 N–H and O–H groups in total. The number of carbonyl (C=O) groups is 1. The second kappa shape index (κ2) is 9.83. The number of hydrogen-bond acceptors (Lipinski definition) is 6. The van der Waals surface area contributed by atoms with E-state index in [0.717, 1.165) is 0 Å². The maximum atomic E-state index is 12.9. The number of amides is 1. The van der Waals surface area contributed by atoms with Crippen LogP contribution in [0.3, 0.4) is 0 Å². The van der Waals surface area contributed by atoms with Gasteiger partial charge in [0.1, 0.15) is 0 Å². The second-order valence-electron chi connectivity index (χ2n) is 6.91. The van der Waals surface area contributed by atoms with Gasteiger partial charge in [-0.2, -0.15) is 31.3 Å². The fourth-order valence-corrected chi connectivity index (χ4v) is 3.68. The van der Waals surface area contributed by atoms with Crippen molar-refractivity contribution in [2.24, 2.45) is 0 Å². The lowest BCUT2D eigenvalue weighted by Crippen LogP contribution is -2.41. The molecular weight excluding hydrogens is 530 g/mol. The van der Waals surface area contributed by atoms with E-state index in [9.17, 15) is 39.6 Å². The van der Waals surface area contributed by atoms with Crippen molar-refractivity contribution < 1.29 is 44.1 Å². The van der Waals surface area contributed by atoms with Crippen molar-refractivity contribution in [2.45, 2.75) is 30.1 Å². The summed E-state index contributed by atoms with van der Waals surface area (Å²) in [6, 6.07) is 6.23. The van der Waals surface area contributed by atoms with E-state index >= 15 is 0 Å². The van der Waals surface area contributed by atoms with Gasteiger partial charge in [0.05, 0.1) is 16.0 Å². The Balaban J connectivity index is 1.65. The summed E-state index contributed by atoms with van der Waals surface area (Å²) in [6.07, 6.45) is -11.0. The highest BCUT2D eigenvalue weighted by atomic mass is 35.5. The smallest absolute Gasteiger partial charge is 0.339 e. The molecule has 0 atom stereocenters. The number of carbonyl (C=O) groups excluding carboxylic acids is 1. The van der Waals surface area contributed by atoms with Crippen LogP contribution in [0.15, 0.2) is 51.9 Å². The van der Waals surface area contributed by atoms with Crippen LogP contribution in [0.25, 0.3) is 11.4 Å². The summed E-state index contributed by atoms with van der Waals surface area (Å²) in [4.78, 5) is 16.1. The molecule has 1 amide bonds. The summed E-state index contributed by atoms with van der Waals surface area (Å²) in [5, 5.41) is 4.20. The number of nitrogens with zero attached hydrogens (tertiary/aromatic N) is 2. The van der Waals surface area contributed by atoms with Gasteiger partial charge in [-0.1, -0.05) is 16.8 Å². The molecule has 2 aromatic carbocycles. The van der Waals surface area contributed by atoms with Gasteiger partial charge in [0.2, 0.25) is 17.6 Å². The van der Waals surface area contributed by atoms with Gasteiger partial charge in [0, 0.05) is 23.4 Å². The van der Waals surface area contributed by atoms with Crippen LogP contribution in [0.1, 0.15) is 23.4 Å². The fourth-order valence-electron chi connectivity index (χ4n) is 2.62. The van der Waals surface area contributed by atoms with Gasteiger partial charge >= 0.3 is 12.4 Å².